The molecule has 0 bridgehead atoms. The van der Waals surface area contributed by atoms with E-state index in [0.717, 1.165) is 40.4 Å². The minimum Gasteiger partial charge on any atom is -0.352 e. The number of carbonyl (C=O) groups excluding carboxylic acids is 2. The standard InChI is InChI=1S/C23H22N2O2/c26-22(14-19-8-4-7-17-6-1-2-10-21(17)19)24-15-16-5-3-9-20(13-16)25-23(27)18-11-12-18/h1-10,13,18H,11-12,14-15H2,(H,24,26)(H,25,27). The van der Waals surface area contributed by atoms with E-state index in [2.05, 4.69) is 22.8 Å². The Morgan fingerprint density at radius 2 is 1.70 bits per heavy atom. The highest BCUT2D eigenvalue weighted by molar-refractivity contribution is 5.94. The summed E-state index contributed by atoms with van der Waals surface area (Å²) < 4.78 is 0. The molecule has 2 N–H and O–H groups in total. The molecule has 0 atom stereocenters. The molecule has 0 saturated heterocycles. The fraction of sp³-hybridized carbons (Fsp3) is 0.217. The minimum absolute atomic E-state index is 0.0150. The van der Waals surface area contributed by atoms with Gasteiger partial charge in [0.1, 0.15) is 0 Å². The average molecular weight is 358 g/mol. The third-order valence-electron chi connectivity index (χ3n) is 4.86. The van der Waals surface area contributed by atoms with Crippen LogP contribution in [0.2, 0.25) is 0 Å². The zero-order chi connectivity index (χ0) is 18.6. The van der Waals surface area contributed by atoms with Gasteiger partial charge in [0.2, 0.25) is 11.8 Å². The molecule has 4 nitrogen and oxygen atoms in total. The first kappa shape index (κ1) is 17.3. The first-order valence-corrected chi connectivity index (χ1v) is 9.32. The number of anilines is 1. The summed E-state index contributed by atoms with van der Waals surface area (Å²) in [5, 5.41) is 8.17. The maximum Gasteiger partial charge on any atom is 0.227 e. The lowest BCUT2D eigenvalue weighted by Crippen LogP contribution is -2.24. The number of fused-ring (bicyclic) bond motifs is 1. The number of hydrogen-bond acceptors (Lipinski definition) is 2. The second kappa shape index (κ2) is 7.62. The summed E-state index contributed by atoms with van der Waals surface area (Å²) in [6.45, 7) is 0.441. The van der Waals surface area contributed by atoms with Gasteiger partial charge in [-0.15, -0.1) is 0 Å². The number of rotatable bonds is 6. The van der Waals surface area contributed by atoms with Crippen LogP contribution in [0, 0.1) is 5.92 Å². The first-order chi connectivity index (χ1) is 13.2. The molecular weight excluding hydrogens is 336 g/mol. The highest BCUT2D eigenvalue weighted by Gasteiger charge is 2.29. The van der Waals surface area contributed by atoms with Gasteiger partial charge < -0.3 is 10.6 Å². The lowest BCUT2D eigenvalue weighted by molar-refractivity contribution is -0.120. The monoisotopic (exact) mass is 358 g/mol. The lowest BCUT2D eigenvalue weighted by atomic mass is 10.0. The molecule has 4 rings (SSSR count). The molecule has 1 aliphatic rings. The van der Waals surface area contributed by atoms with Gasteiger partial charge in [0, 0.05) is 18.2 Å². The number of benzene rings is 3. The summed E-state index contributed by atoms with van der Waals surface area (Å²) in [5.41, 5.74) is 2.78. The van der Waals surface area contributed by atoms with Crippen LogP contribution in [0.5, 0.6) is 0 Å². The Labute approximate surface area is 158 Å². The number of amides is 2. The van der Waals surface area contributed by atoms with Crippen molar-refractivity contribution in [3.05, 3.63) is 77.9 Å². The zero-order valence-corrected chi connectivity index (χ0v) is 15.1. The van der Waals surface area contributed by atoms with Crippen molar-refractivity contribution in [2.45, 2.75) is 25.8 Å². The van der Waals surface area contributed by atoms with Crippen molar-refractivity contribution in [2.75, 3.05) is 5.32 Å². The van der Waals surface area contributed by atoms with Crippen LogP contribution in [-0.4, -0.2) is 11.8 Å². The Bertz CT molecular complexity index is 987. The van der Waals surface area contributed by atoms with E-state index in [1.165, 1.54) is 0 Å². The molecule has 0 radical (unpaired) electrons. The van der Waals surface area contributed by atoms with E-state index >= 15 is 0 Å². The van der Waals surface area contributed by atoms with E-state index in [4.69, 9.17) is 0 Å². The van der Waals surface area contributed by atoms with E-state index in [1.807, 2.05) is 54.6 Å². The third-order valence-corrected chi connectivity index (χ3v) is 4.86. The predicted molar refractivity (Wildman–Crippen MR) is 107 cm³/mol. The van der Waals surface area contributed by atoms with Crippen molar-refractivity contribution < 1.29 is 9.59 Å². The number of hydrogen-bond donors (Lipinski definition) is 2. The van der Waals surface area contributed by atoms with E-state index < -0.39 is 0 Å². The molecule has 27 heavy (non-hydrogen) atoms. The minimum atomic E-state index is -0.0150. The number of carbonyl (C=O) groups is 2. The summed E-state index contributed by atoms with van der Waals surface area (Å²) in [7, 11) is 0. The van der Waals surface area contributed by atoms with Crippen LogP contribution < -0.4 is 10.6 Å². The van der Waals surface area contributed by atoms with E-state index in [9.17, 15) is 9.59 Å². The first-order valence-electron chi connectivity index (χ1n) is 9.32. The molecule has 136 valence electrons. The van der Waals surface area contributed by atoms with Gasteiger partial charge in [-0.05, 0) is 46.9 Å². The summed E-state index contributed by atoms with van der Waals surface area (Å²) in [5.74, 6) is 0.250. The van der Waals surface area contributed by atoms with E-state index in [1.54, 1.807) is 0 Å². The molecule has 0 spiro atoms. The van der Waals surface area contributed by atoms with Gasteiger partial charge in [-0.3, -0.25) is 9.59 Å². The fourth-order valence-electron chi connectivity index (χ4n) is 3.23. The number of nitrogens with one attached hydrogen (secondary N) is 2. The quantitative estimate of drug-likeness (QED) is 0.698. The summed E-state index contributed by atoms with van der Waals surface area (Å²) in [4.78, 5) is 24.3. The molecule has 1 saturated carbocycles. The van der Waals surface area contributed by atoms with Crippen LogP contribution in [0.25, 0.3) is 10.8 Å². The fourth-order valence-corrected chi connectivity index (χ4v) is 3.23. The molecule has 0 unspecified atom stereocenters. The lowest BCUT2D eigenvalue weighted by Gasteiger charge is -2.10. The Hall–Kier alpha value is -3.14. The molecule has 3 aromatic carbocycles. The van der Waals surface area contributed by atoms with Crippen molar-refractivity contribution in [1.82, 2.24) is 5.32 Å². The Morgan fingerprint density at radius 3 is 2.56 bits per heavy atom. The van der Waals surface area contributed by atoms with Crippen molar-refractivity contribution in [3.63, 3.8) is 0 Å². The Kier molecular flexibility index (Phi) is 4.88. The molecule has 2 amide bonds. The highest BCUT2D eigenvalue weighted by Crippen LogP contribution is 2.30. The molecule has 1 fully saturated rings. The molecular formula is C23H22N2O2. The maximum atomic E-state index is 12.4. The van der Waals surface area contributed by atoms with Gasteiger partial charge in [0.25, 0.3) is 0 Å². The molecule has 0 aromatic heterocycles. The molecule has 1 aliphatic carbocycles. The van der Waals surface area contributed by atoms with Crippen LogP contribution in [0.1, 0.15) is 24.0 Å². The largest absolute Gasteiger partial charge is 0.352 e. The smallest absolute Gasteiger partial charge is 0.227 e. The van der Waals surface area contributed by atoms with Gasteiger partial charge in [-0.1, -0.05) is 54.6 Å². The van der Waals surface area contributed by atoms with Crippen LogP contribution >= 0.6 is 0 Å². The van der Waals surface area contributed by atoms with Crippen LogP contribution in [0.4, 0.5) is 5.69 Å². The normalized spacial score (nSPS) is 13.3. The SMILES string of the molecule is O=C(Cc1cccc2ccccc12)NCc1cccc(NC(=O)C2CC2)c1. The second-order valence-corrected chi connectivity index (χ2v) is 7.06. The molecule has 0 heterocycles. The molecule has 0 aliphatic heterocycles. The summed E-state index contributed by atoms with van der Waals surface area (Å²) >= 11 is 0. The highest BCUT2D eigenvalue weighted by atomic mass is 16.2. The molecule has 4 heteroatoms. The van der Waals surface area contributed by atoms with E-state index in [-0.39, 0.29) is 17.7 Å². The topological polar surface area (TPSA) is 58.2 Å². The Balaban J connectivity index is 1.37. The average Bonchev–Trinajstić information content (AvgIpc) is 3.52. The van der Waals surface area contributed by atoms with Crippen molar-refractivity contribution >= 4 is 28.3 Å². The van der Waals surface area contributed by atoms with Crippen LogP contribution in [0.3, 0.4) is 0 Å². The Morgan fingerprint density at radius 1 is 0.926 bits per heavy atom. The second-order valence-electron chi connectivity index (χ2n) is 7.06. The summed E-state index contributed by atoms with van der Waals surface area (Å²) in [6, 6.07) is 21.8. The predicted octanol–water partition coefficient (Wildman–Crippen LogP) is 4.05. The van der Waals surface area contributed by atoms with Crippen LogP contribution in [0.15, 0.2) is 66.7 Å². The zero-order valence-electron chi connectivity index (χ0n) is 15.1. The van der Waals surface area contributed by atoms with E-state index in [0.29, 0.717) is 13.0 Å². The summed E-state index contributed by atoms with van der Waals surface area (Å²) in [6.07, 6.45) is 2.31. The van der Waals surface area contributed by atoms with Crippen molar-refractivity contribution in [3.8, 4) is 0 Å². The molecule has 3 aromatic rings. The van der Waals surface area contributed by atoms with Gasteiger partial charge >= 0.3 is 0 Å². The third kappa shape index (κ3) is 4.34. The van der Waals surface area contributed by atoms with Gasteiger partial charge in [-0.2, -0.15) is 0 Å². The van der Waals surface area contributed by atoms with Crippen LogP contribution in [-0.2, 0) is 22.6 Å². The van der Waals surface area contributed by atoms with Gasteiger partial charge in [0.05, 0.1) is 6.42 Å². The van der Waals surface area contributed by atoms with Gasteiger partial charge in [0.15, 0.2) is 0 Å². The van der Waals surface area contributed by atoms with Gasteiger partial charge in [-0.25, -0.2) is 0 Å². The maximum absolute atomic E-state index is 12.4. The van der Waals surface area contributed by atoms with Crippen molar-refractivity contribution in [2.24, 2.45) is 5.92 Å². The van der Waals surface area contributed by atoms with Crippen molar-refractivity contribution in [1.29, 1.82) is 0 Å².